The van der Waals surface area contributed by atoms with Crippen LogP contribution in [0.2, 0.25) is 10.0 Å². The number of benzene rings is 1. The highest BCUT2D eigenvalue weighted by Gasteiger charge is 2.49. The molecule has 1 aromatic heterocycles. The summed E-state index contributed by atoms with van der Waals surface area (Å²) in [5, 5.41) is 3.63. The van der Waals surface area contributed by atoms with Crippen molar-refractivity contribution in [2.45, 2.75) is 62.7 Å². The Morgan fingerprint density at radius 1 is 1.21 bits per heavy atom. The van der Waals surface area contributed by atoms with E-state index in [0.29, 0.717) is 52.9 Å². The molecule has 1 aromatic carbocycles. The minimum atomic E-state index is -3.87. The number of hydrogen-bond acceptors (Lipinski definition) is 6. The molecule has 2 aliphatic rings. The first-order chi connectivity index (χ1) is 15.8. The molecule has 1 spiro atoms. The number of ether oxygens (including phenoxy) is 1. The Hall–Kier alpha value is -2.36. The molecule has 0 radical (unpaired) electrons. The minimum Gasteiger partial charge on any atom is -0.473 e. The molecule has 11 heteroatoms. The molecule has 8 nitrogen and oxygen atoms in total. The third kappa shape index (κ3) is 4.48. The summed E-state index contributed by atoms with van der Waals surface area (Å²) in [4.78, 5) is 29.9. The predicted octanol–water partition coefficient (Wildman–Crippen LogP) is 4.46. The smallest absolute Gasteiger partial charge is 0.264 e. The molecule has 2 heterocycles. The first kappa shape index (κ1) is 24.8. The molecule has 2 N–H and O–H groups in total. The topological polar surface area (TPSA) is 114 Å². The zero-order valence-corrected chi connectivity index (χ0v) is 21.3. The maximum absolute atomic E-state index is 13.0. The molecule has 0 unspecified atom stereocenters. The number of amides is 2. The van der Waals surface area contributed by atoms with Crippen molar-refractivity contribution >= 4 is 50.7 Å². The standard InChI is InChI=1S/C23H25Cl2N3O5S/c1-22(2,3)34(31,32)28-19(29)13-4-5-18-16(10-13)23(21(30)27-18)8-6-15(7-9-23)33-20-17(25)11-14(24)12-26-20/h4-5,10-12,15H,6-9H2,1-3H3,(H,27,30)(H,28,29). The molecule has 182 valence electrons. The molecule has 1 fully saturated rings. The van der Waals surface area contributed by atoms with E-state index in [1.165, 1.54) is 33.0 Å². The highest BCUT2D eigenvalue weighted by molar-refractivity contribution is 7.91. The Morgan fingerprint density at radius 2 is 1.88 bits per heavy atom. The number of halogens is 2. The van der Waals surface area contributed by atoms with Crippen LogP contribution in [0.25, 0.3) is 0 Å². The van der Waals surface area contributed by atoms with E-state index >= 15 is 0 Å². The molecule has 2 amide bonds. The van der Waals surface area contributed by atoms with Crippen LogP contribution in [0.3, 0.4) is 0 Å². The number of carbonyl (C=O) groups is 2. The summed E-state index contributed by atoms with van der Waals surface area (Å²) in [5.74, 6) is -0.571. The lowest BCUT2D eigenvalue weighted by Gasteiger charge is -2.35. The lowest BCUT2D eigenvalue weighted by molar-refractivity contribution is -0.122. The van der Waals surface area contributed by atoms with Crippen LogP contribution in [0.15, 0.2) is 30.5 Å². The summed E-state index contributed by atoms with van der Waals surface area (Å²) in [6.45, 7) is 4.53. The Morgan fingerprint density at radius 3 is 2.50 bits per heavy atom. The lowest BCUT2D eigenvalue weighted by atomic mass is 9.69. The minimum absolute atomic E-state index is 0.136. The molecule has 0 atom stereocenters. The van der Waals surface area contributed by atoms with Crippen molar-refractivity contribution in [3.8, 4) is 5.88 Å². The SMILES string of the molecule is CC(C)(C)S(=O)(=O)NC(=O)c1ccc2c(c1)C1(CCC(Oc3ncc(Cl)cc3Cl)CC1)C(=O)N2. The highest BCUT2D eigenvalue weighted by atomic mass is 35.5. The molecule has 4 rings (SSSR count). The van der Waals surface area contributed by atoms with Gasteiger partial charge in [-0.2, -0.15) is 0 Å². The van der Waals surface area contributed by atoms with Crippen LogP contribution in [-0.4, -0.2) is 36.1 Å². The van der Waals surface area contributed by atoms with Crippen LogP contribution in [0.5, 0.6) is 5.88 Å². The molecular weight excluding hydrogens is 501 g/mol. The van der Waals surface area contributed by atoms with E-state index in [2.05, 4.69) is 15.0 Å². The van der Waals surface area contributed by atoms with E-state index in [9.17, 15) is 18.0 Å². The van der Waals surface area contributed by atoms with Gasteiger partial charge < -0.3 is 10.1 Å². The van der Waals surface area contributed by atoms with Gasteiger partial charge in [0.05, 0.1) is 15.2 Å². The zero-order chi connectivity index (χ0) is 24.9. The van der Waals surface area contributed by atoms with Gasteiger partial charge in [-0.15, -0.1) is 0 Å². The van der Waals surface area contributed by atoms with Crippen molar-refractivity contribution in [3.63, 3.8) is 0 Å². The second kappa shape index (κ2) is 8.70. The number of aromatic nitrogens is 1. The van der Waals surface area contributed by atoms with Gasteiger partial charge in [0.2, 0.25) is 21.8 Å². The summed E-state index contributed by atoms with van der Waals surface area (Å²) in [6.07, 6.45) is 3.40. The van der Waals surface area contributed by atoms with Crippen LogP contribution in [0.1, 0.15) is 62.4 Å². The first-order valence-corrected chi connectivity index (χ1v) is 13.1. The maximum Gasteiger partial charge on any atom is 0.264 e. The van der Waals surface area contributed by atoms with Gasteiger partial charge >= 0.3 is 0 Å². The predicted molar refractivity (Wildman–Crippen MR) is 130 cm³/mol. The van der Waals surface area contributed by atoms with Crippen molar-refractivity contribution in [1.29, 1.82) is 0 Å². The number of carbonyl (C=O) groups excluding carboxylic acids is 2. The van der Waals surface area contributed by atoms with Gasteiger partial charge in [-0.05, 0) is 76.3 Å². The summed E-state index contributed by atoms with van der Waals surface area (Å²) in [7, 11) is -3.87. The van der Waals surface area contributed by atoms with E-state index in [1.54, 1.807) is 18.2 Å². The van der Waals surface area contributed by atoms with E-state index in [0.717, 1.165) is 0 Å². The molecule has 1 aliphatic heterocycles. The Bertz CT molecular complexity index is 1270. The summed E-state index contributed by atoms with van der Waals surface area (Å²) in [6, 6.07) is 6.32. The Kier molecular flexibility index (Phi) is 6.33. The van der Waals surface area contributed by atoms with Gasteiger partial charge in [0.1, 0.15) is 11.1 Å². The van der Waals surface area contributed by atoms with E-state index < -0.39 is 26.1 Å². The molecule has 1 saturated carbocycles. The fraction of sp³-hybridized carbons (Fsp3) is 0.435. The van der Waals surface area contributed by atoms with Gasteiger partial charge in [0, 0.05) is 17.4 Å². The van der Waals surface area contributed by atoms with Gasteiger partial charge in [-0.25, -0.2) is 18.1 Å². The third-order valence-electron chi connectivity index (χ3n) is 6.35. The number of nitrogens with zero attached hydrogens (tertiary/aromatic N) is 1. The van der Waals surface area contributed by atoms with Gasteiger partial charge in [0.15, 0.2) is 0 Å². The normalized spacial score (nSPS) is 22.3. The highest BCUT2D eigenvalue weighted by Crippen LogP contribution is 2.48. The third-order valence-corrected chi connectivity index (χ3v) is 8.90. The molecule has 0 bridgehead atoms. The van der Waals surface area contributed by atoms with Crippen molar-refractivity contribution in [2.75, 3.05) is 5.32 Å². The number of fused-ring (bicyclic) bond motifs is 2. The fourth-order valence-electron chi connectivity index (χ4n) is 4.23. The van der Waals surface area contributed by atoms with Crippen LogP contribution in [0.4, 0.5) is 5.69 Å². The quantitative estimate of drug-likeness (QED) is 0.608. The largest absolute Gasteiger partial charge is 0.473 e. The summed E-state index contributed by atoms with van der Waals surface area (Å²) < 4.78 is 31.8. The van der Waals surface area contributed by atoms with Crippen molar-refractivity contribution in [1.82, 2.24) is 9.71 Å². The maximum atomic E-state index is 13.0. The lowest BCUT2D eigenvalue weighted by Crippen LogP contribution is -2.43. The number of hydrogen-bond donors (Lipinski definition) is 2. The zero-order valence-electron chi connectivity index (χ0n) is 18.9. The first-order valence-electron chi connectivity index (χ1n) is 10.8. The van der Waals surface area contributed by atoms with E-state index in [1.807, 2.05) is 0 Å². The Balaban J connectivity index is 1.53. The van der Waals surface area contributed by atoms with Crippen LogP contribution in [-0.2, 0) is 20.2 Å². The van der Waals surface area contributed by atoms with Crippen LogP contribution >= 0.6 is 23.2 Å². The molecule has 2 aromatic rings. The average Bonchev–Trinajstić information content (AvgIpc) is 3.01. The number of rotatable bonds is 4. The average molecular weight is 526 g/mol. The molecule has 0 saturated heterocycles. The van der Waals surface area contributed by atoms with Crippen molar-refractivity contribution in [2.24, 2.45) is 0 Å². The van der Waals surface area contributed by atoms with Gasteiger partial charge in [-0.1, -0.05) is 23.2 Å². The second-order valence-electron chi connectivity index (χ2n) is 9.60. The monoisotopic (exact) mass is 525 g/mol. The molecule has 1 aliphatic carbocycles. The van der Waals surface area contributed by atoms with E-state index in [-0.39, 0.29) is 17.6 Å². The summed E-state index contributed by atoms with van der Waals surface area (Å²) in [5.41, 5.74) is 0.686. The summed E-state index contributed by atoms with van der Waals surface area (Å²) >= 11 is 12.1. The molecule has 34 heavy (non-hydrogen) atoms. The van der Waals surface area contributed by atoms with Crippen molar-refractivity contribution < 1.29 is 22.7 Å². The van der Waals surface area contributed by atoms with E-state index in [4.69, 9.17) is 27.9 Å². The second-order valence-corrected chi connectivity index (χ2v) is 12.9. The fourth-order valence-corrected chi connectivity index (χ4v) is 5.33. The number of sulfonamides is 1. The van der Waals surface area contributed by atoms with Crippen LogP contribution in [0, 0.1) is 0 Å². The molecular formula is C23H25Cl2N3O5S. The number of anilines is 1. The van der Waals surface area contributed by atoms with Gasteiger partial charge in [-0.3, -0.25) is 9.59 Å². The van der Waals surface area contributed by atoms with Crippen molar-refractivity contribution in [3.05, 3.63) is 51.6 Å². The van der Waals surface area contributed by atoms with Crippen LogP contribution < -0.4 is 14.8 Å². The number of pyridine rings is 1. The van der Waals surface area contributed by atoms with Gasteiger partial charge in [0.25, 0.3) is 5.91 Å². The Labute approximate surface area is 208 Å². The number of nitrogens with one attached hydrogen (secondary N) is 2.